The molecule has 0 fully saturated rings. The molecule has 0 N–H and O–H groups in total. The molecular formula is C40H35NSi. The number of para-hydroxylation sites is 2. The number of rotatable bonds is 8. The van der Waals surface area contributed by atoms with E-state index in [1.807, 2.05) is 0 Å². The second-order valence-corrected chi connectivity index (χ2v) is 14.4. The fraction of sp³-hybridized carbons (Fsp3) is 0.0500. The molecule has 0 bridgehead atoms. The molecule has 2 heteroatoms. The number of nitrogens with zero attached hydrogens (tertiary/aromatic N) is 1. The Balaban J connectivity index is 1.45. The Bertz CT molecular complexity index is 1630. The topological polar surface area (TPSA) is 3.24 Å². The zero-order valence-corrected chi connectivity index (χ0v) is 25.2. The molecule has 0 unspecified atom stereocenters. The van der Waals surface area contributed by atoms with Crippen LogP contribution in [0, 0.1) is 13.8 Å². The van der Waals surface area contributed by atoms with Crippen molar-refractivity contribution < 1.29 is 0 Å². The summed E-state index contributed by atoms with van der Waals surface area (Å²) in [5.41, 5.74) is 9.71. The molecule has 0 aliphatic carbocycles. The van der Waals surface area contributed by atoms with Crippen LogP contribution in [0.1, 0.15) is 16.7 Å². The first kappa shape index (κ1) is 27.3. The average Bonchev–Trinajstić information content (AvgIpc) is 3.05. The first-order valence-electron chi connectivity index (χ1n) is 14.5. The first-order chi connectivity index (χ1) is 20.7. The van der Waals surface area contributed by atoms with Crippen molar-refractivity contribution in [2.24, 2.45) is 0 Å². The van der Waals surface area contributed by atoms with E-state index >= 15 is 0 Å². The molecular weight excluding hydrogens is 523 g/mol. The van der Waals surface area contributed by atoms with Crippen LogP contribution >= 0.6 is 0 Å². The van der Waals surface area contributed by atoms with E-state index in [1.54, 1.807) is 0 Å². The molecule has 0 atom stereocenters. The molecule has 1 nitrogen and oxygen atoms in total. The number of aryl methyl sites for hydroxylation is 2. The number of hydrogen-bond acceptors (Lipinski definition) is 1. The summed E-state index contributed by atoms with van der Waals surface area (Å²) in [6.45, 7) is 4.36. The van der Waals surface area contributed by atoms with Crippen LogP contribution in [0.25, 0.3) is 6.08 Å². The van der Waals surface area contributed by atoms with Crippen molar-refractivity contribution in [1.29, 1.82) is 0 Å². The van der Waals surface area contributed by atoms with Crippen molar-refractivity contribution in [3.05, 3.63) is 186 Å². The third kappa shape index (κ3) is 5.37. The van der Waals surface area contributed by atoms with Crippen molar-refractivity contribution in [1.82, 2.24) is 0 Å². The van der Waals surface area contributed by atoms with Gasteiger partial charge in [-0.2, -0.15) is 0 Å². The van der Waals surface area contributed by atoms with Gasteiger partial charge in [0.15, 0.2) is 8.07 Å². The minimum Gasteiger partial charge on any atom is -0.310 e. The molecule has 0 amide bonds. The van der Waals surface area contributed by atoms with E-state index in [-0.39, 0.29) is 0 Å². The predicted molar refractivity (Wildman–Crippen MR) is 184 cm³/mol. The molecule has 6 aromatic rings. The summed E-state index contributed by atoms with van der Waals surface area (Å²) in [4.78, 5) is 2.37. The molecule has 0 saturated carbocycles. The van der Waals surface area contributed by atoms with Crippen molar-refractivity contribution in [2.75, 3.05) is 4.90 Å². The van der Waals surface area contributed by atoms with Gasteiger partial charge in [-0.15, -0.1) is 0 Å². The maximum atomic E-state index is 2.50. The normalized spacial score (nSPS) is 11.5. The van der Waals surface area contributed by atoms with Gasteiger partial charge in [0.2, 0.25) is 0 Å². The van der Waals surface area contributed by atoms with Crippen molar-refractivity contribution in [3.8, 4) is 0 Å². The largest absolute Gasteiger partial charge is 0.310 e. The van der Waals surface area contributed by atoms with E-state index in [9.17, 15) is 0 Å². The average molecular weight is 558 g/mol. The molecule has 0 saturated heterocycles. The lowest BCUT2D eigenvalue weighted by Crippen LogP contribution is -2.66. The van der Waals surface area contributed by atoms with Gasteiger partial charge in [0.05, 0.1) is 0 Å². The van der Waals surface area contributed by atoms with Gasteiger partial charge in [-0.05, 0) is 70.4 Å². The van der Waals surface area contributed by atoms with E-state index in [1.165, 1.54) is 43.6 Å². The highest BCUT2D eigenvalue weighted by atomic mass is 28.3. The maximum absolute atomic E-state index is 2.50. The van der Waals surface area contributed by atoms with Gasteiger partial charge in [0.25, 0.3) is 0 Å². The van der Waals surface area contributed by atoms with E-state index in [4.69, 9.17) is 0 Å². The van der Waals surface area contributed by atoms with Crippen LogP contribution in [0.2, 0.25) is 0 Å². The summed E-state index contributed by atoms with van der Waals surface area (Å²) in [6.07, 6.45) is 2.33. The number of hydrogen-bond donors (Lipinski definition) is 0. The van der Waals surface area contributed by atoms with Crippen molar-refractivity contribution in [2.45, 2.75) is 13.8 Å². The molecule has 42 heavy (non-hydrogen) atoms. The molecule has 0 aliphatic heterocycles. The van der Waals surface area contributed by atoms with Crippen molar-refractivity contribution in [3.63, 3.8) is 0 Å². The summed E-state index contributed by atoms with van der Waals surface area (Å²) in [6, 6.07) is 59.3. The lowest BCUT2D eigenvalue weighted by molar-refractivity contribution is 1.22. The van der Waals surface area contributed by atoms with Crippen LogP contribution in [0.4, 0.5) is 17.1 Å². The molecule has 0 radical (unpaired) electrons. The fourth-order valence-corrected chi connectivity index (χ4v) is 10.1. The van der Waals surface area contributed by atoms with Crippen LogP contribution in [0.5, 0.6) is 0 Å². The predicted octanol–water partition coefficient (Wildman–Crippen LogP) is 8.50. The van der Waals surface area contributed by atoms with Crippen LogP contribution in [0.15, 0.2) is 169 Å². The Morgan fingerprint density at radius 3 is 1.21 bits per heavy atom. The Hall–Kier alpha value is -4.92. The fourth-order valence-electron chi connectivity index (χ4n) is 5.88. The second kappa shape index (κ2) is 12.3. The third-order valence-electron chi connectivity index (χ3n) is 8.08. The molecule has 0 heterocycles. The minimum atomic E-state index is -2.45. The lowest BCUT2D eigenvalue weighted by Gasteiger charge is -2.31. The van der Waals surface area contributed by atoms with E-state index < -0.39 is 8.07 Å². The summed E-state index contributed by atoms with van der Waals surface area (Å²) in [5, 5.41) is 4.13. The zero-order valence-electron chi connectivity index (χ0n) is 24.2. The highest BCUT2D eigenvalue weighted by Crippen LogP contribution is 2.38. The highest BCUT2D eigenvalue weighted by molar-refractivity contribution is 7.15. The lowest BCUT2D eigenvalue weighted by atomic mass is 10.1. The second-order valence-electron chi connectivity index (χ2n) is 10.7. The van der Waals surface area contributed by atoms with E-state index in [0.29, 0.717) is 0 Å². The van der Waals surface area contributed by atoms with Crippen LogP contribution < -0.4 is 20.5 Å². The van der Waals surface area contributed by atoms with Gasteiger partial charge in [-0.1, -0.05) is 151 Å². The molecule has 0 aliphatic rings. The van der Waals surface area contributed by atoms with Gasteiger partial charge in [-0.25, -0.2) is 0 Å². The summed E-state index contributed by atoms with van der Waals surface area (Å²) in [5.74, 6) is 0. The molecule has 6 rings (SSSR count). The summed E-state index contributed by atoms with van der Waals surface area (Å²) in [7, 11) is -2.45. The van der Waals surface area contributed by atoms with Gasteiger partial charge in [-0.3, -0.25) is 0 Å². The van der Waals surface area contributed by atoms with Gasteiger partial charge < -0.3 is 4.90 Å². The molecule has 204 valence electrons. The molecule has 6 aromatic carbocycles. The van der Waals surface area contributed by atoms with Crippen molar-refractivity contribution >= 4 is 46.8 Å². The SMILES string of the molecule is Cc1ccccc1N(c1ccc(C=C[Si](c2ccccc2)(c2ccccc2)c2ccccc2)cc1)c1ccccc1C. The minimum absolute atomic E-state index is 1.15. The van der Waals surface area contributed by atoms with Crippen LogP contribution in [-0.4, -0.2) is 8.07 Å². The first-order valence-corrected chi connectivity index (χ1v) is 16.6. The monoisotopic (exact) mass is 557 g/mol. The third-order valence-corrected chi connectivity index (χ3v) is 12.5. The zero-order chi connectivity index (χ0) is 28.8. The van der Waals surface area contributed by atoms with Crippen LogP contribution in [-0.2, 0) is 0 Å². The van der Waals surface area contributed by atoms with Gasteiger partial charge in [0, 0.05) is 17.1 Å². The maximum Gasteiger partial charge on any atom is 0.172 e. The van der Waals surface area contributed by atoms with E-state index in [2.05, 4.69) is 194 Å². The van der Waals surface area contributed by atoms with Gasteiger partial charge >= 0.3 is 0 Å². The Morgan fingerprint density at radius 1 is 0.429 bits per heavy atom. The molecule has 0 spiro atoms. The van der Waals surface area contributed by atoms with E-state index in [0.717, 1.165) is 5.69 Å². The standard InChI is InChI=1S/C40H35NSi/c1-32-16-12-14-24-39(32)41(40-25-15-13-17-33(40)2)35-28-26-34(27-29-35)30-31-42(36-18-6-3-7-19-36,37-20-8-4-9-21-37)38-22-10-5-11-23-38/h3-31H,1-2H3. The number of anilines is 3. The van der Waals surface area contributed by atoms with Crippen LogP contribution in [0.3, 0.4) is 0 Å². The Morgan fingerprint density at radius 2 is 0.810 bits per heavy atom. The van der Waals surface area contributed by atoms with Gasteiger partial charge in [0.1, 0.15) is 0 Å². The summed E-state index contributed by atoms with van der Waals surface area (Å²) >= 11 is 0. The summed E-state index contributed by atoms with van der Waals surface area (Å²) < 4.78 is 0. The Labute approximate surface area is 251 Å². The smallest absolute Gasteiger partial charge is 0.172 e. The Kier molecular flexibility index (Phi) is 7.98. The number of benzene rings is 6. The molecule has 0 aromatic heterocycles. The highest BCUT2D eigenvalue weighted by Gasteiger charge is 2.36. The quantitative estimate of drug-likeness (QED) is 0.134.